The van der Waals surface area contributed by atoms with E-state index in [4.69, 9.17) is 11.0 Å². The molecule has 0 aliphatic heterocycles. The third-order valence-electron chi connectivity index (χ3n) is 2.46. The van der Waals surface area contributed by atoms with Gasteiger partial charge in [0.1, 0.15) is 16.6 Å². The van der Waals surface area contributed by atoms with Crippen LogP contribution in [0.5, 0.6) is 0 Å². The second-order valence-electron chi connectivity index (χ2n) is 3.46. The quantitative estimate of drug-likeness (QED) is 0.890. The third kappa shape index (κ3) is 2.40. The summed E-state index contributed by atoms with van der Waals surface area (Å²) in [6.07, 6.45) is 1.02. The second kappa shape index (κ2) is 5.17. The molecule has 3 N–H and O–H groups in total. The Morgan fingerprint density at radius 2 is 2.41 bits per heavy atom. The van der Waals surface area contributed by atoms with E-state index in [0.29, 0.717) is 11.4 Å². The fourth-order valence-electron chi connectivity index (χ4n) is 1.53. The molecular formula is C11H12N4S2. The van der Waals surface area contributed by atoms with Crippen molar-refractivity contribution in [2.75, 3.05) is 11.1 Å². The molecule has 2 heterocycles. The molecule has 2 rings (SSSR count). The van der Waals surface area contributed by atoms with E-state index in [-0.39, 0.29) is 0 Å². The first-order valence-corrected chi connectivity index (χ1v) is 6.86. The molecule has 17 heavy (non-hydrogen) atoms. The molecule has 0 radical (unpaired) electrons. The third-order valence-corrected chi connectivity index (χ3v) is 4.24. The molecule has 0 aliphatic rings. The van der Waals surface area contributed by atoms with Crippen molar-refractivity contribution >= 4 is 33.7 Å². The predicted octanol–water partition coefficient (Wildman–Crippen LogP) is 2.83. The first kappa shape index (κ1) is 11.9. The molecule has 2 aromatic heterocycles. The van der Waals surface area contributed by atoms with Gasteiger partial charge in [0.05, 0.1) is 6.54 Å². The molecule has 2 aromatic rings. The van der Waals surface area contributed by atoms with Gasteiger partial charge in [0.2, 0.25) is 0 Å². The van der Waals surface area contributed by atoms with Gasteiger partial charge >= 0.3 is 0 Å². The minimum Gasteiger partial charge on any atom is -0.382 e. The number of nitrogen functional groups attached to an aromatic ring is 1. The normalized spacial score (nSPS) is 10.1. The van der Waals surface area contributed by atoms with E-state index in [0.717, 1.165) is 18.0 Å². The number of nitrogens with zero attached hydrogens (tertiary/aromatic N) is 2. The van der Waals surface area contributed by atoms with Gasteiger partial charge in [-0.3, -0.25) is 0 Å². The van der Waals surface area contributed by atoms with Crippen molar-refractivity contribution in [1.29, 1.82) is 5.26 Å². The second-order valence-corrected chi connectivity index (χ2v) is 5.23. The van der Waals surface area contributed by atoms with Crippen LogP contribution in [-0.2, 0) is 13.0 Å². The monoisotopic (exact) mass is 264 g/mol. The molecule has 0 aromatic carbocycles. The SMILES string of the molecule is CCc1ccsc1CNc1snc(N)c1C#N. The summed E-state index contributed by atoms with van der Waals surface area (Å²) in [7, 11) is 0. The molecule has 0 fully saturated rings. The fraction of sp³-hybridized carbons (Fsp3) is 0.273. The van der Waals surface area contributed by atoms with Crippen molar-refractivity contribution in [3.05, 3.63) is 27.5 Å². The standard InChI is InChI=1S/C11H12N4S2/c1-2-7-3-4-16-9(7)6-14-11-8(5-12)10(13)15-17-11/h3-4,14H,2,6H2,1H3,(H2,13,15). The highest BCUT2D eigenvalue weighted by atomic mass is 32.1. The zero-order chi connectivity index (χ0) is 12.3. The van der Waals surface area contributed by atoms with E-state index in [9.17, 15) is 0 Å². The molecule has 0 spiro atoms. The molecule has 6 heteroatoms. The van der Waals surface area contributed by atoms with Crippen molar-refractivity contribution in [3.63, 3.8) is 0 Å². The zero-order valence-corrected chi connectivity index (χ0v) is 11.0. The molecular weight excluding hydrogens is 252 g/mol. The minimum absolute atomic E-state index is 0.307. The topological polar surface area (TPSA) is 74.7 Å². The summed E-state index contributed by atoms with van der Waals surface area (Å²) in [5, 5.41) is 15.0. The number of hydrogen-bond acceptors (Lipinski definition) is 6. The lowest BCUT2D eigenvalue weighted by Gasteiger charge is -2.03. The van der Waals surface area contributed by atoms with Crippen LogP contribution in [-0.4, -0.2) is 4.37 Å². The number of aryl methyl sites for hydroxylation is 1. The number of hydrogen-bond donors (Lipinski definition) is 2. The van der Waals surface area contributed by atoms with Gasteiger partial charge in [-0.2, -0.15) is 9.64 Å². The molecule has 0 unspecified atom stereocenters. The van der Waals surface area contributed by atoms with Gasteiger partial charge in [0.15, 0.2) is 5.82 Å². The van der Waals surface area contributed by atoms with Gasteiger partial charge in [-0.1, -0.05) is 6.92 Å². The van der Waals surface area contributed by atoms with Crippen LogP contribution in [0, 0.1) is 11.3 Å². The molecule has 88 valence electrons. The Labute approximate surface area is 108 Å². The average Bonchev–Trinajstić information content (AvgIpc) is 2.92. The number of rotatable bonds is 4. The molecule has 4 nitrogen and oxygen atoms in total. The van der Waals surface area contributed by atoms with Crippen molar-refractivity contribution < 1.29 is 0 Å². The highest BCUT2D eigenvalue weighted by Gasteiger charge is 2.11. The first-order valence-electron chi connectivity index (χ1n) is 5.20. The molecule has 0 saturated carbocycles. The Hall–Kier alpha value is -1.58. The highest BCUT2D eigenvalue weighted by Crippen LogP contribution is 2.27. The largest absolute Gasteiger partial charge is 0.382 e. The van der Waals surface area contributed by atoms with E-state index < -0.39 is 0 Å². The predicted molar refractivity (Wildman–Crippen MR) is 72.3 cm³/mol. The van der Waals surface area contributed by atoms with Crippen LogP contribution in [0.4, 0.5) is 10.8 Å². The maximum absolute atomic E-state index is 8.95. The Balaban J connectivity index is 2.10. The van der Waals surface area contributed by atoms with Crippen LogP contribution in [0.15, 0.2) is 11.4 Å². The van der Waals surface area contributed by atoms with E-state index in [1.165, 1.54) is 22.0 Å². The van der Waals surface area contributed by atoms with Crippen molar-refractivity contribution in [2.45, 2.75) is 19.9 Å². The first-order chi connectivity index (χ1) is 8.26. The van der Waals surface area contributed by atoms with E-state index in [2.05, 4.69) is 34.1 Å². The summed E-state index contributed by atoms with van der Waals surface area (Å²) in [4.78, 5) is 1.29. The number of thiophene rings is 1. The van der Waals surface area contributed by atoms with Gasteiger partial charge in [0, 0.05) is 4.88 Å². The van der Waals surface area contributed by atoms with Gasteiger partial charge in [-0.05, 0) is 35.0 Å². The van der Waals surface area contributed by atoms with Crippen LogP contribution in [0.3, 0.4) is 0 Å². The van der Waals surface area contributed by atoms with Crippen LogP contribution >= 0.6 is 22.9 Å². The van der Waals surface area contributed by atoms with Gasteiger partial charge < -0.3 is 11.1 Å². The molecule has 0 atom stereocenters. The van der Waals surface area contributed by atoms with E-state index in [1.807, 2.05) is 0 Å². The van der Waals surface area contributed by atoms with Gasteiger partial charge in [-0.25, -0.2) is 0 Å². The summed E-state index contributed by atoms with van der Waals surface area (Å²) in [5.41, 5.74) is 7.39. The van der Waals surface area contributed by atoms with Crippen molar-refractivity contribution in [3.8, 4) is 6.07 Å². The summed E-state index contributed by atoms with van der Waals surface area (Å²) >= 11 is 2.95. The number of anilines is 2. The Morgan fingerprint density at radius 3 is 3.12 bits per heavy atom. The highest BCUT2D eigenvalue weighted by molar-refractivity contribution is 7.11. The summed E-state index contributed by atoms with van der Waals surface area (Å²) < 4.78 is 3.97. The van der Waals surface area contributed by atoms with Crippen LogP contribution in [0.25, 0.3) is 0 Å². The molecule has 0 bridgehead atoms. The molecule has 0 aliphatic carbocycles. The smallest absolute Gasteiger partial charge is 0.157 e. The number of nitriles is 1. The summed E-state index contributed by atoms with van der Waals surface area (Å²) in [6, 6.07) is 4.20. The van der Waals surface area contributed by atoms with Crippen molar-refractivity contribution in [2.24, 2.45) is 0 Å². The van der Waals surface area contributed by atoms with E-state index >= 15 is 0 Å². The number of nitrogens with one attached hydrogen (secondary N) is 1. The van der Waals surface area contributed by atoms with Crippen LogP contribution in [0.1, 0.15) is 22.9 Å². The maximum atomic E-state index is 8.95. The van der Waals surface area contributed by atoms with Gasteiger partial charge in [-0.15, -0.1) is 11.3 Å². The van der Waals surface area contributed by atoms with Crippen LogP contribution < -0.4 is 11.1 Å². The zero-order valence-electron chi connectivity index (χ0n) is 9.36. The number of nitrogens with two attached hydrogens (primary N) is 1. The Bertz CT molecular complexity index is 550. The lowest BCUT2D eigenvalue weighted by Crippen LogP contribution is -2.00. The summed E-state index contributed by atoms with van der Waals surface area (Å²) in [5.74, 6) is 0.307. The van der Waals surface area contributed by atoms with E-state index in [1.54, 1.807) is 11.3 Å². The molecule has 0 saturated heterocycles. The number of aromatic nitrogens is 1. The average molecular weight is 264 g/mol. The Morgan fingerprint density at radius 1 is 1.59 bits per heavy atom. The van der Waals surface area contributed by atoms with Crippen LogP contribution in [0.2, 0.25) is 0 Å². The lowest BCUT2D eigenvalue weighted by molar-refractivity contribution is 1.08. The Kier molecular flexibility index (Phi) is 3.61. The van der Waals surface area contributed by atoms with Gasteiger partial charge in [0.25, 0.3) is 0 Å². The minimum atomic E-state index is 0.307. The molecule has 0 amide bonds. The lowest BCUT2D eigenvalue weighted by atomic mass is 10.2. The maximum Gasteiger partial charge on any atom is 0.157 e. The fourth-order valence-corrected chi connectivity index (χ4v) is 3.10. The van der Waals surface area contributed by atoms with Crippen molar-refractivity contribution in [1.82, 2.24) is 4.37 Å². The summed E-state index contributed by atoms with van der Waals surface area (Å²) in [6.45, 7) is 2.86.